The van der Waals surface area contributed by atoms with Gasteiger partial charge in [-0.2, -0.15) is 0 Å². The number of hydrogen-bond donors (Lipinski definition) is 1. The normalized spacial score (nSPS) is 9.77. The highest BCUT2D eigenvalue weighted by Crippen LogP contribution is 2.12. The van der Waals surface area contributed by atoms with Crippen molar-refractivity contribution in [1.82, 2.24) is 4.98 Å². The van der Waals surface area contributed by atoms with Crippen LogP contribution in [0.15, 0.2) is 12.3 Å². The second-order valence-electron chi connectivity index (χ2n) is 2.91. The van der Waals surface area contributed by atoms with Crippen molar-refractivity contribution < 1.29 is 4.79 Å². The number of Topliss-reactive ketones (excluding diaryl/α,β-unsaturated/α-hetero) is 1. The zero-order valence-corrected chi connectivity index (χ0v) is 8.22. The van der Waals surface area contributed by atoms with E-state index in [1.54, 1.807) is 6.20 Å². The Morgan fingerprint density at radius 3 is 2.77 bits per heavy atom. The summed E-state index contributed by atoms with van der Waals surface area (Å²) in [7, 11) is 1.81. The molecule has 1 aromatic rings. The SMILES string of the molecule is CCC(=O)c1cnc(NC)cc1C. The molecule has 0 bridgehead atoms. The van der Waals surface area contributed by atoms with Crippen molar-refractivity contribution in [3.63, 3.8) is 0 Å². The molecule has 1 heterocycles. The van der Waals surface area contributed by atoms with Gasteiger partial charge >= 0.3 is 0 Å². The van der Waals surface area contributed by atoms with Crippen molar-refractivity contribution >= 4 is 11.6 Å². The van der Waals surface area contributed by atoms with Gasteiger partial charge in [-0.25, -0.2) is 4.98 Å². The molecule has 0 spiro atoms. The molecule has 1 rings (SSSR count). The van der Waals surface area contributed by atoms with E-state index in [-0.39, 0.29) is 5.78 Å². The van der Waals surface area contributed by atoms with Crippen LogP contribution in [0.3, 0.4) is 0 Å². The molecular weight excluding hydrogens is 164 g/mol. The van der Waals surface area contributed by atoms with Crippen LogP contribution < -0.4 is 5.32 Å². The Balaban J connectivity index is 3.05. The smallest absolute Gasteiger partial charge is 0.164 e. The molecular formula is C10H14N2O. The van der Waals surface area contributed by atoms with Crippen LogP contribution in [-0.2, 0) is 0 Å². The Hall–Kier alpha value is -1.38. The van der Waals surface area contributed by atoms with E-state index < -0.39 is 0 Å². The minimum atomic E-state index is 0.146. The summed E-state index contributed by atoms with van der Waals surface area (Å²) in [5, 5.41) is 2.93. The quantitative estimate of drug-likeness (QED) is 0.720. The van der Waals surface area contributed by atoms with Gasteiger partial charge in [0.1, 0.15) is 5.82 Å². The molecule has 0 aliphatic rings. The largest absolute Gasteiger partial charge is 0.373 e. The number of aromatic nitrogens is 1. The number of carbonyl (C=O) groups is 1. The van der Waals surface area contributed by atoms with Crippen molar-refractivity contribution in [2.75, 3.05) is 12.4 Å². The van der Waals surface area contributed by atoms with Gasteiger partial charge in [-0.15, -0.1) is 0 Å². The second-order valence-corrected chi connectivity index (χ2v) is 2.91. The van der Waals surface area contributed by atoms with Gasteiger partial charge in [0.15, 0.2) is 5.78 Å². The topological polar surface area (TPSA) is 42.0 Å². The van der Waals surface area contributed by atoms with E-state index in [0.29, 0.717) is 6.42 Å². The van der Waals surface area contributed by atoms with E-state index in [1.165, 1.54) is 0 Å². The van der Waals surface area contributed by atoms with Crippen LogP contribution in [0.5, 0.6) is 0 Å². The molecule has 0 unspecified atom stereocenters. The van der Waals surface area contributed by atoms with Crippen molar-refractivity contribution in [2.24, 2.45) is 0 Å². The molecule has 0 saturated carbocycles. The van der Waals surface area contributed by atoms with Gasteiger partial charge in [-0.1, -0.05) is 6.92 Å². The summed E-state index contributed by atoms with van der Waals surface area (Å²) in [6, 6.07) is 1.88. The molecule has 0 atom stereocenters. The Labute approximate surface area is 78.2 Å². The van der Waals surface area contributed by atoms with Crippen molar-refractivity contribution in [2.45, 2.75) is 20.3 Å². The van der Waals surface area contributed by atoms with Crippen molar-refractivity contribution in [1.29, 1.82) is 0 Å². The monoisotopic (exact) mass is 178 g/mol. The van der Waals surface area contributed by atoms with Crippen LogP contribution in [0.1, 0.15) is 29.3 Å². The number of ketones is 1. The molecule has 0 radical (unpaired) electrons. The first-order valence-corrected chi connectivity index (χ1v) is 4.36. The van der Waals surface area contributed by atoms with E-state index in [9.17, 15) is 4.79 Å². The zero-order chi connectivity index (χ0) is 9.84. The fourth-order valence-corrected chi connectivity index (χ4v) is 1.18. The van der Waals surface area contributed by atoms with Crippen LogP contribution >= 0.6 is 0 Å². The molecule has 0 saturated heterocycles. The first-order valence-electron chi connectivity index (χ1n) is 4.36. The Morgan fingerprint density at radius 1 is 1.62 bits per heavy atom. The highest BCUT2D eigenvalue weighted by molar-refractivity contribution is 5.97. The van der Waals surface area contributed by atoms with E-state index >= 15 is 0 Å². The zero-order valence-electron chi connectivity index (χ0n) is 8.22. The second kappa shape index (κ2) is 4.03. The molecule has 0 fully saturated rings. The van der Waals surface area contributed by atoms with Crippen molar-refractivity contribution in [3.8, 4) is 0 Å². The van der Waals surface area contributed by atoms with Crippen LogP contribution in [0.2, 0.25) is 0 Å². The number of hydrogen-bond acceptors (Lipinski definition) is 3. The van der Waals surface area contributed by atoms with Gasteiger partial charge in [-0.05, 0) is 18.6 Å². The highest BCUT2D eigenvalue weighted by atomic mass is 16.1. The Morgan fingerprint density at radius 2 is 2.31 bits per heavy atom. The molecule has 0 aliphatic carbocycles. The lowest BCUT2D eigenvalue weighted by atomic mass is 10.1. The van der Waals surface area contributed by atoms with Crippen LogP contribution in [0, 0.1) is 6.92 Å². The molecule has 1 N–H and O–H groups in total. The summed E-state index contributed by atoms with van der Waals surface area (Å²) in [6.07, 6.45) is 2.16. The maximum absolute atomic E-state index is 11.4. The van der Waals surface area contributed by atoms with Gasteiger partial charge in [0.2, 0.25) is 0 Å². The van der Waals surface area contributed by atoms with E-state index in [1.807, 2.05) is 27.0 Å². The minimum Gasteiger partial charge on any atom is -0.373 e. The molecule has 3 heteroatoms. The standard InChI is InChI=1S/C10H14N2O/c1-4-9(13)8-6-12-10(11-3)5-7(8)2/h5-6H,4H2,1-3H3,(H,11,12). The van der Waals surface area contributed by atoms with Gasteiger partial charge in [0.05, 0.1) is 0 Å². The summed E-state index contributed by atoms with van der Waals surface area (Å²) < 4.78 is 0. The van der Waals surface area contributed by atoms with Gasteiger partial charge in [-0.3, -0.25) is 4.79 Å². The Bertz CT molecular complexity index is 321. The minimum absolute atomic E-state index is 0.146. The Kier molecular flexibility index (Phi) is 3.01. The molecule has 3 nitrogen and oxygen atoms in total. The molecule has 0 amide bonds. The number of nitrogens with zero attached hydrogens (tertiary/aromatic N) is 1. The molecule has 0 aromatic carbocycles. The third-order valence-corrected chi connectivity index (χ3v) is 1.99. The third kappa shape index (κ3) is 2.05. The molecule has 13 heavy (non-hydrogen) atoms. The molecule has 1 aromatic heterocycles. The first-order chi connectivity index (χ1) is 6.19. The van der Waals surface area contributed by atoms with Gasteiger partial charge in [0, 0.05) is 25.2 Å². The lowest BCUT2D eigenvalue weighted by Crippen LogP contribution is -2.02. The average molecular weight is 178 g/mol. The number of rotatable bonds is 3. The summed E-state index contributed by atoms with van der Waals surface area (Å²) >= 11 is 0. The average Bonchev–Trinajstić information content (AvgIpc) is 2.16. The van der Waals surface area contributed by atoms with E-state index in [4.69, 9.17) is 0 Å². The maximum Gasteiger partial charge on any atom is 0.164 e. The van der Waals surface area contributed by atoms with E-state index in [0.717, 1.165) is 16.9 Å². The number of aryl methyl sites for hydroxylation is 1. The summed E-state index contributed by atoms with van der Waals surface area (Å²) in [5.41, 5.74) is 1.70. The van der Waals surface area contributed by atoms with Gasteiger partial charge in [0.25, 0.3) is 0 Å². The number of nitrogens with one attached hydrogen (secondary N) is 1. The summed E-state index contributed by atoms with van der Waals surface area (Å²) in [6.45, 7) is 3.78. The third-order valence-electron chi connectivity index (χ3n) is 1.99. The van der Waals surface area contributed by atoms with Gasteiger partial charge < -0.3 is 5.32 Å². The fourth-order valence-electron chi connectivity index (χ4n) is 1.18. The predicted octanol–water partition coefficient (Wildman–Crippen LogP) is 2.02. The lowest BCUT2D eigenvalue weighted by Gasteiger charge is -2.04. The number of carbonyl (C=O) groups excluding carboxylic acids is 1. The van der Waals surface area contributed by atoms with Crippen molar-refractivity contribution in [3.05, 3.63) is 23.4 Å². The molecule has 70 valence electrons. The van der Waals surface area contributed by atoms with Crippen LogP contribution in [-0.4, -0.2) is 17.8 Å². The molecule has 0 aliphatic heterocycles. The maximum atomic E-state index is 11.4. The van der Waals surface area contributed by atoms with Crippen LogP contribution in [0.4, 0.5) is 5.82 Å². The summed E-state index contributed by atoms with van der Waals surface area (Å²) in [5.74, 6) is 0.942. The van der Waals surface area contributed by atoms with E-state index in [2.05, 4.69) is 10.3 Å². The first kappa shape index (κ1) is 9.71. The highest BCUT2D eigenvalue weighted by Gasteiger charge is 2.07. The fraction of sp³-hybridized carbons (Fsp3) is 0.400. The predicted molar refractivity (Wildman–Crippen MR) is 53.1 cm³/mol. The lowest BCUT2D eigenvalue weighted by molar-refractivity contribution is 0.0987. The number of pyridine rings is 1. The number of anilines is 1. The summed E-state index contributed by atoms with van der Waals surface area (Å²) in [4.78, 5) is 15.5. The van der Waals surface area contributed by atoms with Crippen LogP contribution in [0.25, 0.3) is 0 Å².